The van der Waals surface area contributed by atoms with E-state index in [2.05, 4.69) is 10.3 Å². The van der Waals surface area contributed by atoms with Gasteiger partial charge in [0.25, 0.3) is 5.56 Å². The predicted molar refractivity (Wildman–Crippen MR) is 122 cm³/mol. The molecule has 0 fully saturated rings. The van der Waals surface area contributed by atoms with Crippen LogP contribution in [0, 0.1) is 6.92 Å². The van der Waals surface area contributed by atoms with Crippen LogP contribution in [-0.2, 0) is 4.79 Å². The van der Waals surface area contributed by atoms with Crippen molar-refractivity contribution >= 4 is 44.9 Å². The fraction of sp³-hybridized carbons (Fsp3) is 0.136. The van der Waals surface area contributed by atoms with Crippen molar-refractivity contribution in [2.75, 3.05) is 18.2 Å². The number of nitrogens with one attached hydrogen (secondary N) is 1. The van der Waals surface area contributed by atoms with Crippen LogP contribution < -0.4 is 15.6 Å². The highest BCUT2D eigenvalue weighted by Gasteiger charge is 2.16. The van der Waals surface area contributed by atoms with Crippen molar-refractivity contribution in [3.63, 3.8) is 0 Å². The summed E-state index contributed by atoms with van der Waals surface area (Å²) in [6, 6.07) is 16.6. The van der Waals surface area contributed by atoms with Crippen LogP contribution in [0.25, 0.3) is 15.9 Å². The first kappa shape index (κ1) is 20.2. The van der Waals surface area contributed by atoms with Crippen molar-refractivity contribution < 1.29 is 9.53 Å². The molecule has 2 heterocycles. The molecule has 0 saturated heterocycles. The molecule has 1 N–H and O–H groups in total. The van der Waals surface area contributed by atoms with Gasteiger partial charge in [-0.05, 0) is 54.3 Å². The zero-order valence-corrected chi connectivity index (χ0v) is 18.0. The summed E-state index contributed by atoms with van der Waals surface area (Å²) in [5.74, 6) is 0.666. The number of thiophene rings is 1. The summed E-state index contributed by atoms with van der Waals surface area (Å²) in [5.41, 5.74) is 2.93. The first-order valence-corrected chi connectivity index (χ1v) is 11.1. The lowest BCUT2D eigenvalue weighted by atomic mass is 10.2. The second kappa shape index (κ2) is 8.73. The first-order chi connectivity index (χ1) is 14.6. The average molecular weight is 438 g/mol. The number of thioether (sulfide) groups is 1. The van der Waals surface area contributed by atoms with Crippen LogP contribution >= 0.6 is 23.1 Å². The maximum absolute atomic E-state index is 13.2. The number of ether oxygens (including phenoxy) is 1. The number of carbonyl (C=O) groups excluding carboxylic acids is 1. The number of hydrogen-bond acceptors (Lipinski definition) is 6. The highest BCUT2D eigenvalue weighted by atomic mass is 32.2. The van der Waals surface area contributed by atoms with E-state index >= 15 is 0 Å². The van der Waals surface area contributed by atoms with Gasteiger partial charge in [0.2, 0.25) is 5.91 Å². The van der Waals surface area contributed by atoms with Crippen LogP contribution in [-0.4, -0.2) is 28.3 Å². The maximum Gasteiger partial charge on any atom is 0.276 e. The Morgan fingerprint density at radius 1 is 1.17 bits per heavy atom. The molecule has 2 aromatic carbocycles. The lowest BCUT2D eigenvalue weighted by molar-refractivity contribution is -0.113. The molecule has 4 aromatic rings. The molecule has 0 aliphatic carbocycles. The number of nitrogens with zero attached hydrogens (tertiary/aromatic N) is 2. The lowest BCUT2D eigenvalue weighted by Crippen LogP contribution is -2.22. The number of rotatable bonds is 6. The second-order valence-corrected chi connectivity index (χ2v) is 8.38. The normalized spacial score (nSPS) is 10.9. The first-order valence-electron chi connectivity index (χ1n) is 9.20. The van der Waals surface area contributed by atoms with Crippen LogP contribution in [0.5, 0.6) is 5.75 Å². The van der Waals surface area contributed by atoms with E-state index in [0.717, 1.165) is 17.0 Å². The van der Waals surface area contributed by atoms with E-state index in [9.17, 15) is 9.59 Å². The standard InChI is InChI=1S/C22H19N3O3S2/c1-14-5-3-4-6-18(14)25-21(27)20-17(11-12-29-20)24-22(25)30-13-19(26)23-15-7-9-16(28-2)10-8-15/h3-12H,13H2,1-2H3,(H,23,26). The van der Waals surface area contributed by atoms with E-state index < -0.39 is 0 Å². The zero-order chi connectivity index (χ0) is 21.1. The lowest BCUT2D eigenvalue weighted by Gasteiger charge is -2.14. The van der Waals surface area contributed by atoms with Crippen LogP contribution in [0.1, 0.15) is 5.56 Å². The molecule has 8 heteroatoms. The largest absolute Gasteiger partial charge is 0.497 e. The summed E-state index contributed by atoms with van der Waals surface area (Å²) in [6.07, 6.45) is 0. The summed E-state index contributed by atoms with van der Waals surface area (Å²) in [7, 11) is 1.59. The minimum atomic E-state index is -0.179. The van der Waals surface area contributed by atoms with Gasteiger partial charge in [0.05, 0.1) is 24.1 Å². The molecule has 0 radical (unpaired) electrons. The van der Waals surface area contributed by atoms with Gasteiger partial charge in [-0.3, -0.25) is 14.2 Å². The molecule has 0 unspecified atom stereocenters. The van der Waals surface area contributed by atoms with Crippen LogP contribution in [0.2, 0.25) is 0 Å². The number of methoxy groups -OCH3 is 1. The summed E-state index contributed by atoms with van der Waals surface area (Å²) in [6.45, 7) is 1.95. The van der Waals surface area contributed by atoms with Crippen molar-refractivity contribution in [3.05, 3.63) is 75.9 Å². The van der Waals surface area contributed by atoms with Gasteiger partial charge in [-0.25, -0.2) is 4.98 Å². The number of carbonyl (C=O) groups is 1. The van der Waals surface area contributed by atoms with Crippen LogP contribution in [0.15, 0.2) is 69.9 Å². The van der Waals surface area contributed by atoms with E-state index in [0.29, 0.717) is 21.1 Å². The number of hydrogen-bond donors (Lipinski definition) is 1. The summed E-state index contributed by atoms with van der Waals surface area (Å²) in [4.78, 5) is 30.3. The van der Waals surface area contributed by atoms with Crippen molar-refractivity contribution in [3.8, 4) is 11.4 Å². The number of fused-ring (bicyclic) bond motifs is 1. The number of amides is 1. The van der Waals surface area contributed by atoms with E-state index in [1.54, 1.807) is 35.9 Å². The van der Waals surface area contributed by atoms with Gasteiger partial charge in [0, 0.05) is 5.69 Å². The minimum Gasteiger partial charge on any atom is -0.497 e. The van der Waals surface area contributed by atoms with E-state index in [1.165, 1.54) is 23.1 Å². The minimum absolute atomic E-state index is 0.123. The van der Waals surface area contributed by atoms with Gasteiger partial charge in [-0.2, -0.15) is 0 Å². The Balaban J connectivity index is 1.61. The fourth-order valence-electron chi connectivity index (χ4n) is 3.02. The molecule has 1 amide bonds. The molecule has 30 heavy (non-hydrogen) atoms. The Bertz CT molecular complexity index is 1260. The fourth-order valence-corrected chi connectivity index (χ4v) is 4.58. The topological polar surface area (TPSA) is 73.2 Å². The molecule has 152 valence electrons. The SMILES string of the molecule is COc1ccc(NC(=O)CSc2nc3ccsc3c(=O)n2-c2ccccc2C)cc1. The molecular formula is C22H19N3O3S2. The summed E-state index contributed by atoms with van der Waals surface area (Å²) in [5, 5.41) is 5.20. The highest BCUT2D eigenvalue weighted by Crippen LogP contribution is 2.25. The number of benzene rings is 2. The van der Waals surface area contributed by atoms with Gasteiger partial charge < -0.3 is 10.1 Å². The summed E-state index contributed by atoms with van der Waals surface area (Å²) < 4.78 is 7.33. The molecule has 0 saturated carbocycles. The highest BCUT2D eigenvalue weighted by molar-refractivity contribution is 7.99. The van der Waals surface area contributed by atoms with Crippen LogP contribution in [0.3, 0.4) is 0 Å². The van der Waals surface area contributed by atoms with Crippen molar-refractivity contribution in [2.45, 2.75) is 12.1 Å². The maximum atomic E-state index is 13.2. The Morgan fingerprint density at radius 3 is 2.67 bits per heavy atom. The third-order valence-electron chi connectivity index (χ3n) is 4.51. The molecule has 0 atom stereocenters. The Morgan fingerprint density at radius 2 is 1.93 bits per heavy atom. The Labute approximate surface area is 181 Å². The second-order valence-electron chi connectivity index (χ2n) is 6.52. The molecule has 0 bridgehead atoms. The summed E-state index contributed by atoms with van der Waals surface area (Å²) >= 11 is 2.61. The Kier molecular flexibility index (Phi) is 5.87. The van der Waals surface area contributed by atoms with E-state index in [-0.39, 0.29) is 17.2 Å². The smallest absolute Gasteiger partial charge is 0.276 e. The van der Waals surface area contributed by atoms with Crippen molar-refractivity contribution in [2.24, 2.45) is 0 Å². The molecule has 0 aliphatic rings. The van der Waals surface area contributed by atoms with Gasteiger partial charge in [0.1, 0.15) is 10.4 Å². The van der Waals surface area contributed by atoms with Crippen molar-refractivity contribution in [1.29, 1.82) is 0 Å². The molecule has 6 nitrogen and oxygen atoms in total. The predicted octanol–water partition coefficient (Wildman–Crippen LogP) is 4.50. The number of anilines is 1. The van der Waals surface area contributed by atoms with Gasteiger partial charge in [-0.1, -0.05) is 30.0 Å². The third kappa shape index (κ3) is 4.10. The third-order valence-corrected chi connectivity index (χ3v) is 6.34. The number of para-hydroxylation sites is 1. The molecule has 4 rings (SSSR count). The van der Waals surface area contributed by atoms with E-state index in [4.69, 9.17) is 4.74 Å². The molecular weight excluding hydrogens is 418 g/mol. The quantitative estimate of drug-likeness (QED) is 0.355. The number of aromatic nitrogens is 2. The van der Waals surface area contributed by atoms with Gasteiger partial charge >= 0.3 is 0 Å². The number of aryl methyl sites for hydroxylation is 1. The molecule has 2 aromatic heterocycles. The van der Waals surface area contributed by atoms with Crippen LogP contribution in [0.4, 0.5) is 5.69 Å². The van der Waals surface area contributed by atoms with Gasteiger partial charge in [-0.15, -0.1) is 11.3 Å². The average Bonchev–Trinajstić information content (AvgIpc) is 3.23. The monoisotopic (exact) mass is 437 g/mol. The molecule has 0 aliphatic heterocycles. The zero-order valence-electron chi connectivity index (χ0n) is 16.4. The van der Waals surface area contributed by atoms with Gasteiger partial charge in [0.15, 0.2) is 5.16 Å². The van der Waals surface area contributed by atoms with Crippen molar-refractivity contribution in [1.82, 2.24) is 9.55 Å². The van der Waals surface area contributed by atoms with E-state index in [1.807, 2.05) is 42.6 Å². The Hall–Kier alpha value is -3.10. The molecule has 0 spiro atoms.